The Morgan fingerprint density at radius 2 is 2.14 bits per heavy atom. The first kappa shape index (κ1) is 17.6. The molecule has 3 aliphatic rings. The number of fused-ring (bicyclic) bond motifs is 1. The Morgan fingerprint density at radius 1 is 1.25 bits per heavy atom. The van der Waals surface area contributed by atoms with Gasteiger partial charge in [0.05, 0.1) is 25.8 Å². The van der Waals surface area contributed by atoms with Crippen molar-refractivity contribution in [1.82, 2.24) is 9.88 Å². The standard InChI is InChI=1S/C22H24N2O4/c25-21(20-10-17-5-1-2-6-19(17)28-20)24-14-22(15-24)11-18(7-9-27-22)26-13-16-4-3-8-23-12-16/h1-6,8,12,18,20H,7,9-11,13-15H2/t18-,20-/m0/s1. The molecule has 0 bridgehead atoms. The predicted octanol–water partition coefficient (Wildman–Crippen LogP) is 2.36. The van der Waals surface area contributed by atoms with Gasteiger partial charge in [-0.25, -0.2) is 0 Å². The van der Waals surface area contributed by atoms with Crippen molar-refractivity contribution in [1.29, 1.82) is 0 Å². The van der Waals surface area contributed by atoms with E-state index in [2.05, 4.69) is 4.98 Å². The summed E-state index contributed by atoms with van der Waals surface area (Å²) >= 11 is 0. The monoisotopic (exact) mass is 380 g/mol. The topological polar surface area (TPSA) is 60.9 Å². The van der Waals surface area contributed by atoms with Crippen LogP contribution >= 0.6 is 0 Å². The van der Waals surface area contributed by atoms with Gasteiger partial charge in [0, 0.05) is 31.8 Å². The summed E-state index contributed by atoms with van der Waals surface area (Å²) in [5.74, 6) is 0.887. The third-order valence-corrected chi connectivity index (χ3v) is 5.85. The summed E-state index contributed by atoms with van der Waals surface area (Å²) in [6.07, 6.45) is 5.70. The normalized spacial score (nSPS) is 25.1. The molecule has 1 aromatic heterocycles. The Bertz CT molecular complexity index is 826. The van der Waals surface area contributed by atoms with E-state index in [4.69, 9.17) is 14.2 Å². The van der Waals surface area contributed by atoms with Crippen molar-refractivity contribution in [3.8, 4) is 5.75 Å². The molecule has 0 saturated carbocycles. The van der Waals surface area contributed by atoms with Crippen LogP contribution in [0.4, 0.5) is 0 Å². The van der Waals surface area contributed by atoms with Crippen LogP contribution in [-0.4, -0.2) is 53.3 Å². The van der Waals surface area contributed by atoms with Crippen molar-refractivity contribution in [2.45, 2.75) is 43.7 Å². The maximum atomic E-state index is 12.8. The average molecular weight is 380 g/mol. The first-order valence-corrected chi connectivity index (χ1v) is 9.89. The lowest BCUT2D eigenvalue weighted by Crippen LogP contribution is -2.68. The molecule has 2 saturated heterocycles. The minimum Gasteiger partial charge on any atom is -0.480 e. The molecule has 1 spiro atoms. The summed E-state index contributed by atoms with van der Waals surface area (Å²) < 4.78 is 18.0. The van der Waals surface area contributed by atoms with Crippen LogP contribution in [0, 0.1) is 0 Å². The molecule has 1 amide bonds. The van der Waals surface area contributed by atoms with Gasteiger partial charge in [0.2, 0.25) is 0 Å². The van der Waals surface area contributed by atoms with Crippen molar-refractivity contribution in [3.63, 3.8) is 0 Å². The molecule has 0 radical (unpaired) electrons. The Kier molecular flexibility index (Phi) is 4.53. The van der Waals surface area contributed by atoms with Gasteiger partial charge in [0.25, 0.3) is 5.91 Å². The van der Waals surface area contributed by atoms with Gasteiger partial charge in [0.1, 0.15) is 11.4 Å². The molecule has 0 N–H and O–H groups in total. The maximum Gasteiger partial charge on any atom is 0.264 e. The Hall–Kier alpha value is -2.44. The molecular formula is C22H24N2O4. The van der Waals surface area contributed by atoms with E-state index >= 15 is 0 Å². The van der Waals surface area contributed by atoms with Crippen LogP contribution in [0.15, 0.2) is 48.8 Å². The van der Waals surface area contributed by atoms with Crippen LogP contribution in [0.25, 0.3) is 0 Å². The number of hydrogen-bond acceptors (Lipinski definition) is 5. The lowest BCUT2D eigenvalue weighted by Gasteiger charge is -2.53. The van der Waals surface area contributed by atoms with Crippen molar-refractivity contribution < 1.29 is 19.0 Å². The van der Waals surface area contributed by atoms with Crippen LogP contribution in [0.5, 0.6) is 5.75 Å². The van der Waals surface area contributed by atoms with Crippen molar-refractivity contribution in [3.05, 3.63) is 59.9 Å². The second-order valence-corrected chi connectivity index (χ2v) is 7.93. The van der Waals surface area contributed by atoms with Crippen LogP contribution < -0.4 is 4.74 Å². The van der Waals surface area contributed by atoms with Gasteiger partial charge in [-0.05, 0) is 29.7 Å². The van der Waals surface area contributed by atoms with E-state index in [9.17, 15) is 4.79 Å². The molecule has 146 valence electrons. The summed E-state index contributed by atoms with van der Waals surface area (Å²) in [4.78, 5) is 18.8. The van der Waals surface area contributed by atoms with Crippen LogP contribution in [-0.2, 0) is 27.3 Å². The fourth-order valence-electron chi connectivity index (χ4n) is 4.37. The molecule has 6 nitrogen and oxygen atoms in total. The molecule has 2 aromatic rings. The third kappa shape index (κ3) is 3.38. The summed E-state index contributed by atoms with van der Waals surface area (Å²) in [6.45, 7) is 2.47. The minimum absolute atomic E-state index is 0.0591. The fourth-order valence-corrected chi connectivity index (χ4v) is 4.37. The quantitative estimate of drug-likeness (QED) is 0.815. The van der Waals surface area contributed by atoms with Gasteiger partial charge >= 0.3 is 0 Å². The van der Waals surface area contributed by atoms with Gasteiger partial charge in [-0.3, -0.25) is 9.78 Å². The predicted molar refractivity (Wildman–Crippen MR) is 102 cm³/mol. The van der Waals surface area contributed by atoms with Crippen molar-refractivity contribution >= 4 is 5.91 Å². The summed E-state index contributed by atoms with van der Waals surface area (Å²) in [6, 6.07) is 11.8. The van der Waals surface area contributed by atoms with Gasteiger partial charge in [0.15, 0.2) is 6.10 Å². The molecule has 28 heavy (non-hydrogen) atoms. The number of ether oxygens (including phenoxy) is 3. The third-order valence-electron chi connectivity index (χ3n) is 5.85. The molecular weight excluding hydrogens is 356 g/mol. The van der Waals surface area contributed by atoms with E-state index in [-0.39, 0.29) is 17.6 Å². The molecule has 3 aliphatic heterocycles. The van der Waals surface area contributed by atoms with Crippen LogP contribution in [0.1, 0.15) is 24.0 Å². The largest absolute Gasteiger partial charge is 0.480 e. The number of benzene rings is 1. The van der Waals surface area contributed by atoms with E-state index in [0.29, 0.717) is 32.7 Å². The molecule has 1 aromatic carbocycles. The number of aromatic nitrogens is 1. The van der Waals surface area contributed by atoms with E-state index in [0.717, 1.165) is 29.7 Å². The zero-order valence-corrected chi connectivity index (χ0v) is 15.8. The highest BCUT2D eigenvalue weighted by atomic mass is 16.5. The van der Waals surface area contributed by atoms with Gasteiger partial charge in [-0.2, -0.15) is 0 Å². The van der Waals surface area contributed by atoms with Gasteiger partial charge < -0.3 is 19.1 Å². The second-order valence-electron chi connectivity index (χ2n) is 7.93. The van der Waals surface area contributed by atoms with Crippen molar-refractivity contribution in [2.75, 3.05) is 19.7 Å². The molecule has 0 aliphatic carbocycles. The number of para-hydroxylation sites is 1. The number of rotatable bonds is 4. The zero-order chi connectivity index (χ0) is 19.0. The lowest BCUT2D eigenvalue weighted by molar-refractivity contribution is -0.205. The van der Waals surface area contributed by atoms with Crippen LogP contribution in [0.3, 0.4) is 0 Å². The first-order chi connectivity index (χ1) is 13.7. The van der Waals surface area contributed by atoms with E-state index in [1.807, 2.05) is 47.5 Å². The molecule has 4 heterocycles. The zero-order valence-electron chi connectivity index (χ0n) is 15.8. The second kappa shape index (κ2) is 7.18. The molecule has 2 fully saturated rings. The van der Waals surface area contributed by atoms with Crippen LogP contribution in [0.2, 0.25) is 0 Å². The SMILES string of the molecule is O=C([C@@H]1Cc2ccccc2O1)N1CC2(C[C@@H](OCc3cccnc3)CCO2)C1. The number of amides is 1. The highest BCUT2D eigenvalue weighted by molar-refractivity contribution is 5.83. The summed E-state index contributed by atoms with van der Waals surface area (Å²) in [7, 11) is 0. The molecule has 0 unspecified atom stereocenters. The first-order valence-electron chi connectivity index (χ1n) is 9.89. The smallest absolute Gasteiger partial charge is 0.264 e. The lowest BCUT2D eigenvalue weighted by atomic mass is 9.84. The van der Waals surface area contributed by atoms with E-state index in [1.54, 1.807) is 6.20 Å². The van der Waals surface area contributed by atoms with Gasteiger partial charge in [-0.15, -0.1) is 0 Å². The highest BCUT2D eigenvalue weighted by Crippen LogP contribution is 2.37. The average Bonchev–Trinajstić information content (AvgIpc) is 3.15. The van der Waals surface area contributed by atoms with E-state index in [1.165, 1.54) is 0 Å². The minimum atomic E-state index is -0.407. The maximum absolute atomic E-state index is 12.8. The molecule has 6 heteroatoms. The molecule has 2 atom stereocenters. The van der Waals surface area contributed by atoms with Gasteiger partial charge in [-0.1, -0.05) is 24.3 Å². The Morgan fingerprint density at radius 3 is 2.96 bits per heavy atom. The number of carbonyl (C=O) groups excluding carboxylic acids is 1. The molecule has 5 rings (SSSR count). The van der Waals surface area contributed by atoms with Crippen molar-refractivity contribution in [2.24, 2.45) is 0 Å². The van der Waals surface area contributed by atoms with E-state index < -0.39 is 6.10 Å². The number of carbonyl (C=O) groups is 1. The fraction of sp³-hybridized carbons (Fsp3) is 0.455. The highest BCUT2D eigenvalue weighted by Gasteiger charge is 2.51. The summed E-state index contributed by atoms with van der Waals surface area (Å²) in [5.41, 5.74) is 1.92. The summed E-state index contributed by atoms with van der Waals surface area (Å²) in [5, 5.41) is 0. The number of pyridine rings is 1. The Labute approximate surface area is 164 Å². The number of likely N-dealkylation sites (tertiary alicyclic amines) is 1. The number of hydrogen-bond donors (Lipinski definition) is 0. The Balaban J connectivity index is 1.14. The number of nitrogens with zero attached hydrogens (tertiary/aromatic N) is 2.